The molecule has 0 atom stereocenters. The average Bonchev–Trinajstić information content (AvgIpc) is 2.15. The first kappa shape index (κ1) is 9.76. The minimum absolute atomic E-state index is 0.748. The zero-order valence-corrected chi connectivity index (χ0v) is 8.09. The lowest BCUT2D eigenvalue weighted by Gasteiger charge is -1.94. The van der Waals surface area contributed by atoms with Crippen molar-refractivity contribution < 1.29 is 0 Å². The molecule has 0 aliphatic rings. The van der Waals surface area contributed by atoms with Gasteiger partial charge in [-0.05, 0) is 25.1 Å². The third kappa shape index (κ3) is 3.27. The van der Waals surface area contributed by atoms with Crippen LogP contribution in [0.25, 0.3) is 0 Å². The summed E-state index contributed by atoms with van der Waals surface area (Å²) in [5.41, 5.74) is 2.19. The molecule has 0 saturated heterocycles. The normalized spacial score (nSPS) is 9.08. The maximum Gasteiger partial charge on any atom is 0.0580 e. The minimum Gasteiger partial charge on any atom is -0.306 e. The van der Waals surface area contributed by atoms with Gasteiger partial charge in [-0.2, -0.15) is 0 Å². The van der Waals surface area contributed by atoms with Crippen molar-refractivity contribution in [3.63, 3.8) is 0 Å². The van der Waals surface area contributed by atoms with Crippen LogP contribution in [0.3, 0.4) is 0 Å². The molecule has 1 N–H and O–H groups in total. The van der Waals surface area contributed by atoms with E-state index in [1.165, 1.54) is 0 Å². The van der Waals surface area contributed by atoms with Gasteiger partial charge in [0.05, 0.1) is 6.54 Å². The second-order valence-electron chi connectivity index (χ2n) is 2.77. The monoisotopic (exact) mass is 174 g/mol. The highest BCUT2D eigenvalue weighted by atomic mass is 14.8. The van der Waals surface area contributed by atoms with E-state index < -0.39 is 0 Å². The maximum atomic E-state index is 4.01. The van der Waals surface area contributed by atoms with Gasteiger partial charge in [0.15, 0.2) is 0 Å². The number of rotatable bonds is 2. The average molecular weight is 174 g/mol. The molecule has 1 rings (SSSR count). The summed E-state index contributed by atoms with van der Waals surface area (Å²) >= 11 is 0. The van der Waals surface area contributed by atoms with E-state index in [9.17, 15) is 0 Å². The van der Waals surface area contributed by atoms with E-state index in [1.54, 1.807) is 6.20 Å². The molecule has 13 heavy (non-hydrogen) atoms. The van der Waals surface area contributed by atoms with E-state index in [0.717, 1.165) is 24.2 Å². The van der Waals surface area contributed by atoms with Gasteiger partial charge < -0.3 is 5.32 Å². The number of aryl methyl sites for hydroxylation is 1. The molecule has 1 heterocycles. The zero-order chi connectivity index (χ0) is 9.52. The summed E-state index contributed by atoms with van der Waals surface area (Å²) in [6, 6.07) is 1.94. The van der Waals surface area contributed by atoms with Crippen molar-refractivity contribution in [2.75, 3.05) is 13.1 Å². The minimum atomic E-state index is 0.748. The lowest BCUT2D eigenvalue weighted by molar-refractivity contribution is 0.811. The smallest absolute Gasteiger partial charge is 0.0580 e. The molecule has 0 aliphatic carbocycles. The van der Waals surface area contributed by atoms with E-state index in [-0.39, 0.29) is 0 Å². The van der Waals surface area contributed by atoms with E-state index in [0.29, 0.717) is 0 Å². The van der Waals surface area contributed by atoms with Gasteiger partial charge in [0, 0.05) is 18.0 Å². The van der Waals surface area contributed by atoms with Crippen molar-refractivity contribution in [1.82, 2.24) is 10.3 Å². The molecular formula is C11H14N2. The predicted octanol–water partition coefficient (Wildman–Crippen LogP) is 1.35. The molecule has 0 aliphatic heterocycles. The molecular weight excluding hydrogens is 160 g/mol. The Morgan fingerprint density at radius 2 is 2.38 bits per heavy atom. The van der Waals surface area contributed by atoms with Crippen molar-refractivity contribution in [2.24, 2.45) is 0 Å². The quantitative estimate of drug-likeness (QED) is 0.541. The number of aromatic nitrogens is 1. The summed E-state index contributed by atoms with van der Waals surface area (Å²) in [7, 11) is 0. The third-order valence-corrected chi connectivity index (χ3v) is 1.71. The summed E-state index contributed by atoms with van der Waals surface area (Å²) < 4.78 is 0. The van der Waals surface area contributed by atoms with Crippen LogP contribution in [-0.2, 0) is 0 Å². The molecule has 0 unspecified atom stereocenters. The number of nitrogens with one attached hydrogen (secondary N) is 1. The lowest BCUT2D eigenvalue weighted by atomic mass is 10.2. The van der Waals surface area contributed by atoms with Crippen LogP contribution in [0.2, 0.25) is 0 Å². The van der Waals surface area contributed by atoms with Crippen molar-refractivity contribution in [2.45, 2.75) is 13.8 Å². The van der Waals surface area contributed by atoms with Crippen molar-refractivity contribution >= 4 is 0 Å². The Bertz CT molecular complexity index is 320. The maximum absolute atomic E-state index is 4.01. The number of nitrogens with zero attached hydrogens (tertiary/aromatic N) is 1. The second-order valence-corrected chi connectivity index (χ2v) is 2.77. The highest BCUT2D eigenvalue weighted by molar-refractivity contribution is 5.38. The van der Waals surface area contributed by atoms with Gasteiger partial charge in [0.2, 0.25) is 0 Å². The molecule has 0 amide bonds. The number of hydrogen-bond donors (Lipinski definition) is 1. The van der Waals surface area contributed by atoms with E-state index >= 15 is 0 Å². The van der Waals surface area contributed by atoms with Crippen molar-refractivity contribution in [1.29, 1.82) is 0 Å². The molecule has 2 heteroatoms. The zero-order valence-electron chi connectivity index (χ0n) is 8.09. The standard InChI is InChI=1S/C11H14N2/c1-3-12-7-4-5-11-6-8-13-9-10(11)2/h6,8-9,12H,3,7H2,1-2H3. The molecule has 0 saturated carbocycles. The van der Waals surface area contributed by atoms with Gasteiger partial charge in [0.1, 0.15) is 0 Å². The topological polar surface area (TPSA) is 24.9 Å². The predicted molar refractivity (Wildman–Crippen MR) is 54.4 cm³/mol. The molecule has 1 aromatic heterocycles. The van der Waals surface area contributed by atoms with Crippen LogP contribution in [0.4, 0.5) is 0 Å². The van der Waals surface area contributed by atoms with Gasteiger partial charge >= 0.3 is 0 Å². The molecule has 1 aromatic rings. The Balaban J connectivity index is 2.61. The largest absolute Gasteiger partial charge is 0.306 e. The summed E-state index contributed by atoms with van der Waals surface area (Å²) in [4.78, 5) is 4.01. The fraction of sp³-hybridized carbons (Fsp3) is 0.364. The van der Waals surface area contributed by atoms with Crippen LogP contribution in [0.15, 0.2) is 18.5 Å². The Kier molecular flexibility index (Phi) is 4.01. The molecule has 0 fully saturated rings. The molecule has 0 radical (unpaired) electrons. The number of hydrogen-bond acceptors (Lipinski definition) is 2. The van der Waals surface area contributed by atoms with Gasteiger partial charge in [0.25, 0.3) is 0 Å². The van der Waals surface area contributed by atoms with Gasteiger partial charge in [-0.1, -0.05) is 18.8 Å². The van der Waals surface area contributed by atoms with Crippen LogP contribution < -0.4 is 5.32 Å². The van der Waals surface area contributed by atoms with Crippen LogP contribution in [0, 0.1) is 18.8 Å². The van der Waals surface area contributed by atoms with Crippen LogP contribution in [0.1, 0.15) is 18.1 Å². The molecule has 0 spiro atoms. The van der Waals surface area contributed by atoms with Crippen molar-refractivity contribution in [3.05, 3.63) is 29.6 Å². The number of pyridine rings is 1. The van der Waals surface area contributed by atoms with Crippen LogP contribution in [0.5, 0.6) is 0 Å². The highest BCUT2D eigenvalue weighted by Gasteiger charge is 1.90. The SMILES string of the molecule is CCNCC#Cc1ccncc1C. The molecule has 68 valence electrons. The second kappa shape index (κ2) is 5.34. The van der Waals surface area contributed by atoms with Crippen molar-refractivity contribution in [3.8, 4) is 11.8 Å². The summed E-state index contributed by atoms with van der Waals surface area (Å²) in [6.45, 7) is 5.80. The van der Waals surface area contributed by atoms with Gasteiger partial charge in [-0.15, -0.1) is 0 Å². The van der Waals surface area contributed by atoms with Crippen LogP contribution in [-0.4, -0.2) is 18.1 Å². The fourth-order valence-electron chi connectivity index (χ4n) is 0.941. The Morgan fingerprint density at radius 1 is 1.54 bits per heavy atom. The van der Waals surface area contributed by atoms with E-state index in [2.05, 4.69) is 29.1 Å². The van der Waals surface area contributed by atoms with Crippen LogP contribution >= 0.6 is 0 Å². The molecule has 0 bridgehead atoms. The van der Waals surface area contributed by atoms with Gasteiger partial charge in [-0.3, -0.25) is 4.98 Å². The third-order valence-electron chi connectivity index (χ3n) is 1.71. The lowest BCUT2D eigenvalue weighted by Crippen LogP contribution is -2.11. The highest BCUT2D eigenvalue weighted by Crippen LogP contribution is 2.01. The Hall–Kier alpha value is -1.33. The summed E-state index contributed by atoms with van der Waals surface area (Å²) in [6.07, 6.45) is 3.60. The summed E-state index contributed by atoms with van der Waals surface area (Å²) in [5.74, 6) is 6.15. The van der Waals surface area contributed by atoms with Gasteiger partial charge in [-0.25, -0.2) is 0 Å². The fourth-order valence-corrected chi connectivity index (χ4v) is 0.941. The summed E-state index contributed by atoms with van der Waals surface area (Å²) in [5, 5.41) is 3.15. The Morgan fingerprint density at radius 3 is 3.08 bits per heavy atom. The molecule has 2 nitrogen and oxygen atoms in total. The first-order valence-electron chi connectivity index (χ1n) is 4.44. The van der Waals surface area contributed by atoms with E-state index in [1.807, 2.05) is 19.2 Å². The Labute approximate surface area is 79.4 Å². The first-order valence-corrected chi connectivity index (χ1v) is 4.44. The molecule has 0 aromatic carbocycles. The van der Waals surface area contributed by atoms with E-state index in [4.69, 9.17) is 0 Å². The first-order chi connectivity index (χ1) is 6.34.